The summed E-state index contributed by atoms with van der Waals surface area (Å²) in [6.45, 7) is 0.0372. The first kappa shape index (κ1) is 20.4. The fraction of sp³-hybridized carbons (Fsp3) is 0.350. The van der Waals surface area contributed by atoms with E-state index in [9.17, 15) is 9.59 Å². The van der Waals surface area contributed by atoms with E-state index in [1.807, 2.05) is 48.5 Å². The second-order valence-corrected chi connectivity index (χ2v) is 6.02. The SMILES string of the molecule is CNC(Cc1ccccc1)C(=O)OCOC(=O)N(C)CCc1ccccn1. The number of likely N-dealkylation sites (N-methyl/N-ethyl adjacent to an activating group) is 2. The van der Waals surface area contributed by atoms with Crippen LogP contribution >= 0.6 is 0 Å². The van der Waals surface area contributed by atoms with Crippen LogP contribution in [-0.2, 0) is 27.1 Å². The van der Waals surface area contributed by atoms with Gasteiger partial charge in [0.1, 0.15) is 6.04 Å². The van der Waals surface area contributed by atoms with Gasteiger partial charge < -0.3 is 19.7 Å². The van der Waals surface area contributed by atoms with E-state index in [0.717, 1.165) is 11.3 Å². The van der Waals surface area contributed by atoms with E-state index >= 15 is 0 Å². The Morgan fingerprint density at radius 1 is 1.11 bits per heavy atom. The Kier molecular flexibility index (Phi) is 8.25. The summed E-state index contributed by atoms with van der Waals surface area (Å²) in [6, 6.07) is 14.7. The summed E-state index contributed by atoms with van der Waals surface area (Å²) in [5.41, 5.74) is 1.90. The fourth-order valence-electron chi connectivity index (χ4n) is 2.42. The zero-order valence-corrected chi connectivity index (χ0v) is 15.6. The van der Waals surface area contributed by atoms with Crippen LogP contribution in [0.15, 0.2) is 54.7 Å². The highest BCUT2D eigenvalue weighted by Crippen LogP contribution is 2.05. The molecule has 0 aliphatic carbocycles. The second kappa shape index (κ2) is 10.9. The lowest BCUT2D eigenvalue weighted by molar-refractivity contribution is -0.154. The third-order valence-corrected chi connectivity index (χ3v) is 4.04. The zero-order valence-electron chi connectivity index (χ0n) is 15.6. The van der Waals surface area contributed by atoms with Gasteiger partial charge in [-0.2, -0.15) is 0 Å². The zero-order chi connectivity index (χ0) is 19.5. The van der Waals surface area contributed by atoms with Crippen molar-refractivity contribution in [2.24, 2.45) is 0 Å². The third kappa shape index (κ3) is 7.07. The molecule has 0 saturated carbocycles. The summed E-state index contributed by atoms with van der Waals surface area (Å²) < 4.78 is 10.1. The van der Waals surface area contributed by atoms with Crippen molar-refractivity contribution < 1.29 is 19.1 Å². The lowest BCUT2D eigenvalue weighted by Gasteiger charge is -2.18. The van der Waals surface area contributed by atoms with Gasteiger partial charge in [-0.1, -0.05) is 36.4 Å². The van der Waals surface area contributed by atoms with E-state index in [0.29, 0.717) is 19.4 Å². The second-order valence-electron chi connectivity index (χ2n) is 6.02. The Morgan fingerprint density at radius 3 is 2.52 bits per heavy atom. The number of nitrogens with zero attached hydrogens (tertiary/aromatic N) is 2. The van der Waals surface area contributed by atoms with Gasteiger partial charge in [0.15, 0.2) is 0 Å². The summed E-state index contributed by atoms with van der Waals surface area (Å²) in [5, 5.41) is 2.92. The van der Waals surface area contributed by atoms with Gasteiger partial charge in [-0.15, -0.1) is 0 Å². The number of nitrogens with one attached hydrogen (secondary N) is 1. The van der Waals surface area contributed by atoms with Crippen LogP contribution in [0, 0.1) is 0 Å². The van der Waals surface area contributed by atoms with Gasteiger partial charge in [0.05, 0.1) is 0 Å². The Labute approximate surface area is 159 Å². The minimum Gasteiger partial charge on any atom is -0.427 e. The van der Waals surface area contributed by atoms with Crippen LogP contribution < -0.4 is 5.32 Å². The molecule has 1 aromatic heterocycles. The van der Waals surface area contributed by atoms with Gasteiger partial charge in [0.25, 0.3) is 0 Å². The number of rotatable bonds is 9. The molecule has 1 aromatic carbocycles. The first-order chi connectivity index (χ1) is 13.1. The summed E-state index contributed by atoms with van der Waals surface area (Å²) in [5.74, 6) is -0.467. The van der Waals surface area contributed by atoms with Gasteiger partial charge in [-0.05, 0) is 31.2 Å². The molecular formula is C20H25N3O4. The maximum Gasteiger partial charge on any atom is 0.412 e. The molecule has 7 nitrogen and oxygen atoms in total. The number of carbonyl (C=O) groups is 2. The van der Waals surface area contributed by atoms with Crippen molar-refractivity contribution in [1.29, 1.82) is 0 Å². The minimum atomic E-state index is -0.553. The number of hydrogen-bond acceptors (Lipinski definition) is 6. The van der Waals surface area contributed by atoms with Crippen molar-refractivity contribution in [3.8, 4) is 0 Å². The number of esters is 1. The summed E-state index contributed by atoms with van der Waals surface area (Å²) >= 11 is 0. The van der Waals surface area contributed by atoms with E-state index in [1.165, 1.54) is 4.90 Å². The minimum absolute atomic E-state index is 0.418. The Balaban J connectivity index is 1.70. The molecule has 1 amide bonds. The van der Waals surface area contributed by atoms with E-state index in [1.54, 1.807) is 20.3 Å². The van der Waals surface area contributed by atoms with E-state index in [4.69, 9.17) is 9.47 Å². The standard InChI is InChI=1S/C20H25N3O4/c1-21-18(14-16-8-4-3-5-9-16)19(24)26-15-27-20(25)23(2)13-11-17-10-6-7-12-22-17/h3-10,12,18,21H,11,13-15H2,1-2H3. The molecule has 1 heterocycles. The quantitative estimate of drug-likeness (QED) is 0.537. The molecular weight excluding hydrogens is 346 g/mol. The van der Waals surface area contributed by atoms with Crippen LogP contribution in [0.2, 0.25) is 0 Å². The third-order valence-electron chi connectivity index (χ3n) is 4.04. The van der Waals surface area contributed by atoms with Crippen molar-refractivity contribution in [1.82, 2.24) is 15.2 Å². The van der Waals surface area contributed by atoms with Crippen molar-refractivity contribution >= 4 is 12.1 Å². The van der Waals surface area contributed by atoms with E-state index in [-0.39, 0.29) is 0 Å². The maximum absolute atomic E-state index is 12.1. The summed E-state index contributed by atoms with van der Waals surface area (Å²) in [7, 11) is 3.31. The molecule has 0 bridgehead atoms. The maximum atomic E-state index is 12.1. The predicted octanol–water partition coefficient (Wildman–Crippen LogP) is 2.02. The lowest BCUT2D eigenvalue weighted by atomic mass is 10.1. The molecule has 0 aliphatic heterocycles. The molecule has 1 unspecified atom stereocenters. The van der Waals surface area contributed by atoms with Gasteiger partial charge in [0, 0.05) is 31.9 Å². The number of ether oxygens (including phenoxy) is 2. The van der Waals surface area contributed by atoms with Crippen LogP contribution in [0.25, 0.3) is 0 Å². The van der Waals surface area contributed by atoms with E-state index < -0.39 is 24.9 Å². The topological polar surface area (TPSA) is 80.8 Å². The Bertz CT molecular complexity index is 710. The van der Waals surface area contributed by atoms with E-state index in [2.05, 4.69) is 10.3 Å². The number of hydrogen-bond donors (Lipinski definition) is 1. The number of benzene rings is 1. The van der Waals surface area contributed by atoms with Crippen molar-refractivity contribution in [2.45, 2.75) is 18.9 Å². The molecule has 144 valence electrons. The molecule has 1 N–H and O–H groups in total. The molecule has 0 saturated heterocycles. The van der Waals surface area contributed by atoms with Gasteiger partial charge >= 0.3 is 12.1 Å². The average Bonchev–Trinajstić information content (AvgIpc) is 2.71. The molecule has 0 radical (unpaired) electrons. The highest BCUT2D eigenvalue weighted by atomic mass is 16.7. The Morgan fingerprint density at radius 2 is 1.85 bits per heavy atom. The largest absolute Gasteiger partial charge is 0.427 e. The first-order valence-electron chi connectivity index (χ1n) is 8.75. The van der Waals surface area contributed by atoms with Crippen molar-refractivity contribution in [3.05, 3.63) is 66.0 Å². The van der Waals surface area contributed by atoms with Gasteiger partial charge in [0.2, 0.25) is 6.79 Å². The fourth-order valence-corrected chi connectivity index (χ4v) is 2.42. The average molecular weight is 371 g/mol. The molecule has 2 rings (SSSR count). The molecule has 0 aliphatic rings. The molecule has 1 atom stereocenters. The molecule has 27 heavy (non-hydrogen) atoms. The lowest BCUT2D eigenvalue weighted by Crippen LogP contribution is -2.38. The van der Waals surface area contributed by atoms with Crippen LogP contribution in [0.4, 0.5) is 4.79 Å². The smallest absolute Gasteiger partial charge is 0.412 e. The molecule has 0 fully saturated rings. The van der Waals surface area contributed by atoms with Crippen molar-refractivity contribution in [2.75, 3.05) is 27.4 Å². The molecule has 7 heteroatoms. The van der Waals surface area contributed by atoms with Crippen LogP contribution in [0.1, 0.15) is 11.3 Å². The predicted molar refractivity (Wildman–Crippen MR) is 101 cm³/mol. The van der Waals surface area contributed by atoms with Crippen molar-refractivity contribution in [3.63, 3.8) is 0 Å². The van der Waals surface area contributed by atoms with Crippen LogP contribution in [0.3, 0.4) is 0 Å². The highest BCUT2D eigenvalue weighted by molar-refractivity contribution is 5.76. The number of amides is 1. The van der Waals surface area contributed by atoms with Crippen LogP contribution in [-0.4, -0.2) is 55.4 Å². The van der Waals surface area contributed by atoms with Gasteiger partial charge in [-0.25, -0.2) is 4.79 Å². The normalized spacial score (nSPS) is 11.5. The monoisotopic (exact) mass is 371 g/mol. The summed E-state index contributed by atoms with van der Waals surface area (Å²) in [6.07, 6.45) is 2.27. The highest BCUT2D eigenvalue weighted by Gasteiger charge is 2.19. The number of pyridine rings is 1. The molecule has 0 spiro atoms. The van der Waals surface area contributed by atoms with Crippen LogP contribution in [0.5, 0.6) is 0 Å². The van der Waals surface area contributed by atoms with Gasteiger partial charge in [-0.3, -0.25) is 9.78 Å². The summed E-state index contributed by atoms with van der Waals surface area (Å²) in [4.78, 5) is 29.7. The number of carbonyl (C=O) groups excluding carboxylic acids is 2. The number of aromatic nitrogens is 1. The molecule has 2 aromatic rings. The Hall–Kier alpha value is -2.93. The first-order valence-corrected chi connectivity index (χ1v) is 8.75.